The maximum absolute atomic E-state index is 11.9. The van der Waals surface area contributed by atoms with E-state index in [1.165, 1.54) is 17.1 Å². The molecule has 0 aliphatic carbocycles. The van der Waals surface area contributed by atoms with E-state index in [2.05, 4.69) is 0 Å². The van der Waals surface area contributed by atoms with Crippen molar-refractivity contribution in [3.05, 3.63) is 39.9 Å². The zero-order chi connectivity index (χ0) is 14.0. The van der Waals surface area contributed by atoms with Crippen LogP contribution in [0.2, 0.25) is 10.0 Å². The fourth-order valence-corrected chi connectivity index (χ4v) is 2.40. The van der Waals surface area contributed by atoms with Crippen LogP contribution >= 0.6 is 23.2 Å². The number of hydrogen-bond donors (Lipinski definition) is 2. The fraction of sp³-hybridized carbons (Fsp3) is 0.308. The van der Waals surface area contributed by atoms with Crippen LogP contribution in [-0.4, -0.2) is 46.3 Å². The first-order valence-electron chi connectivity index (χ1n) is 5.76. The standard InChI is InChI=1S/C13H13Cl2NO3/c14-9-2-1-3-10(15)8(9)4-5-13(19)16-6-11(17)12(18)7-16/h1-5,11-12,17-18H,6-7H2/b5-4+. The van der Waals surface area contributed by atoms with Gasteiger partial charge < -0.3 is 15.1 Å². The summed E-state index contributed by atoms with van der Waals surface area (Å²) in [5, 5.41) is 19.7. The van der Waals surface area contributed by atoms with Crippen molar-refractivity contribution in [1.82, 2.24) is 4.90 Å². The summed E-state index contributed by atoms with van der Waals surface area (Å²) < 4.78 is 0. The van der Waals surface area contributed by atoms with Crippen LogP contribution in [0.1, 0.15) is 5.56 Å². The van der Waals surface area contributed by atoms with Gasteiger partial charge in [0.05, 0.1) is 12.2 Å². The molecule has 1 aliphatic rings. The van der Waals surface area contributed by atoms with Gasteiger partial charge in [-0.3, -0.25) is 4.79 Å². The molecule has 2 N–H and O–H groups in total. The van der Waals surface area contributed by atoms with Gasteiger partial charge in [0.1, 0.15) is 0 Å². The van der Waals surface area contributed by atoms with Crippen LogP contribution in [0.5, 0.6) is 0 Å². The van der Waals surface area contributed by atoms with E-state index in [4.69, 9.17) is 23.2 Å². The number of hydrogen-bond acceptors (Lipinski definition) is 3. The number of halogens is 2. The molecule has 4 nitrogen and oxygen atoms in total. The van der Waals surface area contributed by atoms with Crippen molar-refractivity contribution < 1.29 is 15.0 Å². The molecule has 0 aromatic heterocycles. The largest absolute Gasteiger partial charge is 0.388 e. The molecule has 0 radical (unpaired) electrons. The molecule has 2 unspecified atom stereocenters. The quantitative estimate of drug-likeness (QED) is 0.815. The van der Waals surface area contributed by atoms with Crippen molar-refractivity contribution >= 4 is 35.2 Å². The Morgan fingerprint density at radius 2 is 1.74 bits per heavy atom. The number of amides is 1. The summed E-state index contributed by atoms with van der Waals surface area (Å²) in [6.07, 6.45) is 1.09. The second-order valence-corrected chi connectivity index (χ2v) is 5.16. The van der Waals surface area contributed by atoms with Gasteiger partial charge in [-0.25, -0.2) is 0 Å². The normalized spacial score (nSPS) is 23.3. The summed E-state index contributed by atoms with van der Waals surface area (Å²) in [6.45, 7) is 0.251. The monoisotopic (exact) mass is 301 g/mol. The lowest BCUT2D eigenvalue weighted by atomic mass is 10.2. The highest BCUT2D eigenvalue weighted by atomic mass is 35.5. The van der Waals surface area contributed by atoms with Crippen LogP contribution in [0.25, 0.3) is 6.08 Å². The van der Waals surface area contributed by atoms with Crippen molar-refractivity contribution in [2.45, 2.75) is 12.2 Å². The summed E-state index contributed by atoms with van der Waals surface area (Å²) in [6, 6.07) is 5.08. The zero-order valence-electron chi connectivity index (χ0n) is 9.96. The minimum atomic E-state index is -0.888. The van der Waals surface area contributed by atoms with E-state index in [0.717, 1.165) is 0 Å². The zero-order valence-corrected chi connectivity index (χ0v) is 11.5. The number of benzene rings is 1. The van der Waals surface area contributed by atoms with Crippen LogP contribution in [-0.2, 0) is 4.79 Å². The van der Waals surface area contributed by atoms with Gasteiger partial charge in [-0.1, -0.05) is 29.3 Å². The minimum Gasteiger partial charge on any atom is -0.388 e. The third-order valence-electron chi connectivity index (χ3n) is 2.96. The molecule has 102 valence electrons. The molecule has 1 saturated heterocycles. The van der Waals surface area contributed by atoms with Crippen LogP contribution in [0, 0.1) is 0 Å². The topological polar surface area (TPSA) is 60.8 Å². The Bertz CT molecular complexity index is 488. The van der Waals surface area contributed by atoms with Crippen molar-refractivity contribution in [3.63, 3.8) is 0 Å². The number of aliphatic hydroxyl groups is 2. The first-order valence-corrected chi connectivity index (χ1v) is 6.52. The molecule has 1 aromatic rings. The lowest BCUT2D eigenvalue weighted by molar-refractivity contribution is -0.125. The number of aliphatic hydroxyl groups excluding tert-OH is 2. The molecule has 1 heterocycles. The van der Waals surface area contributed by atoms with Gasteiger partial charge in [0, 0.05) is 34.8 Å². The smallest absolute Gasteiger partial charge is 0.246 e. The molecule has 0 spiro atoms. The fourth-order valence-electron chi connectivity index (χ4n) is 1.88. The highest BCUT2D eigenvalue weighted by Gasteiger charge is 2.31. The number of likely N-dealkylation sites (tertiary alicyclic amines) is 1. The van der Waals surface area contributed by atoms with E-state index in [9.17, 15) is 15.0 Å². The Balaban J connectivity index is 2.09. The van der Waals surface area contributed by atoms with Gasteiger partial charge in [0.2, 0.25) is 5.91 Å². The third-order valence-corrected chi connectivity index (χ3v) is 3.62. The molecule has 1 amide bonds. The summed E-state index contributed by atoms with van der Waals surface area (Å²) in [4.78, 5) is 13.2. The Labute approximate surface area is 120 Å². The predicted molar refractivity (Wildman–Crippen MR) is 74.1 cm³/mol. The Morgan fingerprint density at radius 1 is 1.21 bits per heavy atom. The summed E-state index contributed by atoms with van der Waals surface area (Å²) in [5.41, 5.74) is 0.569. The molecule has 1 aliphatic heterocycles. The molecule has 1 fully saturated rings. The number of rotatable bonds is 2. The van der Waals surface area contributed by atoms with E-state index >= 15 is 0 Å². The minimum absolute atomic E-state index is 0.126. The SMILES string of the molecule is O=C(/C=C/c1c(Cl)cccc1Cl)N1CC(O)C(O)C1. The lowest BCUT2D eigenvalue weighted by Gasteiger charge is -2.12. The highest BCUT2D eigenvalue weighted by Crippen LogP contribution is 2.25. The van der Waals surface area contributed by atoms with Gasteiger partial charge in [-0.15, -0.1) is 0 Å². The molecular weight excluding hydrogens is 289 g/mol. The second kappa shape index (κ2) is 5.92. The lowest BCUT2D eigenvalue weighted by Crippen LogP contribution is -2.27. The number of β-amino-alcohol motifs (C(OH)–C–C–N with tert-alkyl or cyclic N) is 2. The summed E-state index contributed by atoms with van der Waals surface area (Å²) in [5.74, 6) is -0.299. The van der Waals surface area contributed by atoms with Gasteiger partial charge >= 0.3 is 0 Å². The first-order chi connectivity index (χ1) is 8.99. The van der Waals surface area contributed by atoms with E-state index < -0.39 is 12.2 Å². The van der Waals surface area contributed by atoms with Crippen LogP contribution in [0.15, 0.2) is 24.3 Å². The number of carbonyl (C=O) groups excluding carboxylic acids is 1. The molecule has 6 heteroatoms. The summed E-state index contributed by atoms with van der Waals surface area (Å²) >= 11 is 12.0. The van der Waals surface area contributed by atoms with E-state index in [-0.39, 0.29) is 19.0 Å². The number of carbonyl (C=O) groups is 1. The predicted octanol–water partition coefficient (Wildman–Crippen LogP) is 1.57. The van der Waals surface area contributed by atoms with Crippen molar-refractivity contribution in [1.29, 1.82) is 0 Å². The van der Waals surface area contributed by atoms with Gasteiger partial charge in [0.15, 0.2) is 0 Å². The van der Waals surface area contributed by atoms with Crippen LogP contribution in [0.3, 0.4) is 0 Å². The van der Waals surface area contributed by atoms with Gasteiger partial charge in [0.25, 0.3) is 0 Å². The molecule has 2 atom stereocenters. The maximum atomic E-state index is 11.9. The molecule has 2 rings (SSSR count). The van der Waals surface area contributed by atoms with E-state index in [0.29, 0.717) is 15.6 Å². The molecule has 1 aromatic carbocycles. The Morgan fingerprint density at radius 3 is 2.26 bits per heavy atom. The van der Waals surface area contributed by atoms with Crippen molar-refractivity contribution in [3.8, 4) is 0 Å². The third kappa shape index (κ3) is 3.28. The van der Waals surface area contributed by atoms with Crippen molar-refractivity contribution in [2.24, 2.45) is 0 Å². The average molecular weight is 302 g/mol. The van der Waals surface area contributed by atoms with Gasteiger partial charge in [-0.2, -0.15) is 0 Å². The maximum Gasteiger partial charge on any atom is 0.246 e. The Kier molecular flexibility index (Phi) is 4.47. The van der Waals surface area contributed by atoms with Crippen LogP contribution < -0.4 is 0 Å². The second-order valence-electron chi connectivity index (χ2n) is 4.35. The van der Waals surface area contributed by atoms with E-state index in [1.807, 2.05) is 0 Å². The van der Waals surface area contributed by atoms with Crippen LogP contribution in [0.4, 0.5) is 0 Å². The molecular formula is C13H13Cl2NO3. The van der Waals surface area contributed by atoms with E-state index in [1.54, 1.807) is 18.2 Å². The molecule has 0 saturated carbocycles. The summed E-state index contributed by atoms with van der Waals surface area (Å²) in [7, 11) is 0. The Hall–Kier alpha value is -1.07. The van der Waals surface area contributed by atoms with Crippen molar-refractivity contribution in [2.75, 3.05) is 13.1 Å². The average Bonchev–Trinajstić information content (AvgIpc) is 2.69. The molecule has 0 bridgehead atoms. The van der Waals surface area contributed by atoms with Gasteiger partial charge in [-0.05, 0) is 18.2 Å². The highest BCUT2D eigenvalue weighted by molar-refractivity contribution is 6.37. The number of nitrogens with zero attached hydrogens (tertiary/aromatic N) is 1. The first kappa shape index (κ1) is 14.3. The molecule has 19 heavy (non-hydrogen) atoms.